The molecule has 1 aromatic carbocycles. The van der Waals surface area contributed by atoms with E-state index in [9.17, 15) is 12.8 Å². The SMILES string of the molecule is CCNC(=NCCCS(C)(=O)=O)NCCc1ccccc1F.I. The van der Waals surface area contributed by atoms with E-state index >= 15 is 0 Å². The molecule has 0 aliphatic rings. The zero-order valence-electron chi connectivity index (χ0n) is 13.5. The summed E-state index contributed by atoms with van der Waals surface area (Å²) in [6, 6.07) is 6.68. The molecule has 0 saturated heterocycles. The molecule has 0 aliphatic carbocycles. The van der Waals surface area contributed by atoms with E-state index in [1.165, 1.54) is 12.3 Å². The van der Waals surface area contributed by atoms with Crippen LogP contribution in [0.3, 0.4) is 0 Å². The normalized spacial score (nSPS) is 11.7. The van der Waals surface area contributed by atoms with E-state index in [-0.39, 0.29) is 35.5 Å². The van der Waals surface area contributed by atoms with Gasteiger partial charge in [-0.3, -0.25) is 4.99 Å². The van der Waals surface area contributed by atoms with Crippen molar-refractivity contribution in [1.29, 1.82) is 0 Å². The lowest BCUT2D eigenvalue weighted by Crippen LogP contribution is -2.38. The summed E-state index contributed by atoms with van der Waals surface area (Å²) in [6.07, 6.45) is 2.26. The van der Waals surface area contributed by atoms with Crippen molar-refractivity contribution in [2.24, 2.45) is 4.99 Å². The summed E-state index contributed by atoms with van der Waals surface area (Å²) in [7, 11) is -2.94. The molecule has 0 aromatic heterocycles. The fraction of sp³-hybridized carbons (Fsp3) is 0.533. The minimum atomic E-state index is -2.94. The second-order valence-electron chi connectivity index (χ2n) is 5.01. The number of hydrogen-bond acceptors (Lipinski definition) is 3. The maximum Gasteiger partial charge on any atom is 0.191 e. The monoisotopic (exact) mass is 457 g/mol. The number of guanidine groups is 1. The molecule has 0 radical (unpaired) electrons. The molecule has 0 spiro atoms. The second-order valence-corrected chi connectivity index (χ2v) is 7.27. The Morgan fingerprint density at radius 3 is 2.57 bits per heavy atom. The predicted molar refractivity (Wildman–Crippen MR) is 104 cm³/mol. The quantitative estimate of drug-likeness (QED) is 0.271. The van der Waals surface area contributed by atoms with Gasteiger partial charge in [-0.2, -0.15) is 0 Å². The van der Waals surface area contributed by atoms with Crippen LogP contribution in [0.2, 0.25) is 0 Å². The number of hydrogen-bond donors (Lipinski definition) is 2. The number of rotatable bonds is 8. The molecule has 0 atom stereocenters. The molecule has 0 fully saturated rings. The van der Waals surface area contributed by atoms with Gasteiger partial charge in [0.15, 0.2) is 5.96 Å². The first-order valence-electron chi connectivity index (χ1n) is 7.35. The van der Waals surface area contributed by atoms with Crippen molar-refractivity contribution in [3.8, 4) is 0 Å². The van der Waals surface area contributed by atoms with Gasteiger partial charge in [-0.15, -0.1) is 24.0 Å². The molecule has 132 valence electrons. The van der Waals surface area contributed by atoms with Crippen LogP contribution in [0.5, 0.6) is 0 Å². The first-order valence-corrected chi connectivity index (χ1v) is 9.41. The molecule has 2 N–H and O–H groups in total. The third-order valence-electron chi connectivity index (χ3n) is 2.93. The maximum absolute atomic E-state index is 13.5. The van der Waals surface area contributed by atoms with Crippen molar-refractivity contribution in [2.75, 3.05) is 31.6 Å². The number of nitrogens with zero attached hydrogens (tertiary/aromatic N) is 1. The van der Waals surface area contributed by atoms with E-state index in [1.807, 2.05) is 13.0 Å². The molecule has 8 heteroatoms. The number of nitrogens with one attached hydrogen (secondary N) is 2. The lowest BCUT2D eigenvalue weighted by molar-refractivity contribution is 0.599. The van der Waals surface area contributed by atoms with E-state index in [1.54, 1.807) is 12.1 Å². The van der Waals surface area contributed by atoms with Crippen LogP contribution >= 0.6 is 24.0 Å². The standard InChI is InChI=1S/C15H24FN3O2S.HI/c1-3-17-15(18-10-6-12-22(2,20)21)19-11-9-13-7-4-5-8-14(13)16;/h4-5,7-8H,3,6,9-12H2,1-2H3,(H2,17,18,19);1H. The van der Waals surface area contributed by atoms with E-state index in [0.717, 1.165) is 0 Å². The van der Waals surface area contributed by atoms with Crippen LogP contribution in [0.4, 0.5) is 4.39 Å². The van der Waals surface area contributed by atoms with Crippen molar-refractivity contribution >= 4 is 39.8 Å². The minimum absolute atomic E-state index is 0. The number of aliphatic imine (C=N–C) groups is 1. The number of sulfone groups is 1. The fourth-order valence-corrected chi connectivity index (χ4v) is 2.53. The van der Waals surface area contributed by atoms with Gasteiger partial charge in [0.25, 0.3) is 0 Å². The highest BCUT2D eigenvalue weighted by molar-refractivity contribution is 14.0. The second kappa shape index (κ2) is 11.6. The third kappa shape index (κ3) is 10.5. The van der Waals surface area contributed by atoms with Crippen molar-refractivity contribution in [1.82, 2.24) is 10.6 Å². The van der Waals surface area contributed by atoms with Crippen molar-refractivity contribution in [3.05, 3.63) is 35.6 Å². The van der Waals surface area contributed by atoms with E-state index in [2.05, 4.69) is 15.6 Å². The lowest BCUT2D eigenvalue weighted by atomic mass is 10.1. The Balaban J connectivity index is 0.00000484. The lowest BCUT2D eigenvalue weighted by Gasteiger charge is -2.11. The predicted octanol–water partition coefficient (Wildman–Crippen LogP) is 1.98. The van der Waals surface area contributed by atoms with Gasteiger partial charge in [-0.05, 0) is 31.4 Å². The number of benzene rings is 1. The average molecular weight is 457 g/mol. The average Bonchev–Trinajstić information content (AvgIpc) is 2.44. The van der Waals surface area contributed by atoms with E-state index in [4.69, 9.17) is 0 Å². The first kappa shape index (κ1) is 22.1. The van der Waals surface area contributed by atoms with Crippen molar-refractivity contribution < 1.29 is 12.8 Å². The Bertz CT molecular complexity index is 594. The molecular formula is C15H25FIN3O2S. The fourth-order valence-electron chi connectivity index (χ4n) is 1.88. The molecule has 0 bridgehead atoms. The van der Waals surface area contributed by atoms with Crippen molar-refractivity contribution in [3.63, 3.8) is 0 Å². The van der Waals surface area contributed by atoms with Crippen LogP contribution in [-0.2, 0) is 16.3 Å². The minimum Gasteiger partial charge on any atom is -0.357 e. The summed E-state index contributed by atoms with van der Waals surface area (Å²) in [6.45, 7) is 3.64. The van der Waals surface area contributed by atoms with Crippen LogP contribution in [0.1, 0.15) is 18.9 Å². The highest BCUT2D eigenvalue weighted by atomic mass is 127. The van der Waals surface area contributed by atoms with E-state index in [0.29, 0.717) is 44.0 Å². The van der Waals surface area contributed by atoms with Gasteiger partial charge in [0.1, 0.15) is 15.7 Å². The molecule has 0 saturated carbocycles. The zero-order chi connectivity index (χ0) is 16.4. The van der Waals surface area contributed by atoms with Crippen LogP contribution < -0.4 is 10.6 Å². The summed E-state index contributed by atoms with van der Waals surface area (Å²) in [4.78, 5) is 4.31. The highest BCUT2D eigenvalue weighted by Crippen LogP contribution is 2.06. The van der Waals surface area contributed by atoms with Gasteiger partial charge in [0.2, 0.25) is 0 Å². The van der Waals surface area contributed by atoms with Crippen LogP contribution in [-0.4, -0.2) is 46.0 Å². The Kier molecular flexibility index (Phi) is 11.2. The Hall–Kier alpha value is -0.900. The summed E-state index contributed by atoms with van der Waals surface area (Å²) < 4.78 is 35.6. The van der Waals surface area contributed by atoms with Gasteiger partial charge in [0, 0.05) is 25.9 Å². The molecule has 1 aromatic rings. The molecule has 0 amide bonds. The molecule has 5 nitrogen and oxygen atoms in total. The highest BCUT2D eigenvalue weighted by Gasteiger charge is 2.03. The molecule has 0 unspecified atom stereocenters. The Morgan fingerprint density at radius 1 is 1.26 bits per heavy atom. The summed E-state index contributed by atoms with van der Waals surface area (Å²) >= 11 is 0. The van der Waals surface area contributed by atoms with E-state index < -0.39 is 9.84 Å². The Morgan fingerprint density at radius 2 is 1.96 bits per heavy atom. The molecular weight excluding hydrogens is 432 g/mol. The summed E-state index contributed by atoms with van der Waals surface area (Å²) in [5.41, 5.74) is 0.655. The maximum atomic E-state index is 13.5. The summed E-state index contributed by atoms with van der Waals surface area (Å²) in [5, 5.41) is 6.19. The molecule has 23 heavy (non-hydrogen) atoms. The zero-order valence-corrected chi connectivity index (χ0v) is 16.7. The Labute approximate surface area is 155 Å². The van der Waals surface area contributed by atoms with Gasteiger partial charge in [0.05, 0.1) is 5.75 Å². The van der Waals surface area contributed by atoms with Crippen LogP contribution in [0.15, 0.2) is 29.3 Å². The first-order chi connectivity index (χ1) is 10.4. The largest absolute Gasteiger partial charge is 0.357 e. The molecule has 0 aliphatic heterocycles. The topological polar surface area (TPSA) is 70.6 Å². The van der Waals surface area contributed by atoms with Gasteiger partial charge in [-0.1, -0.05) is 18.2 Å². The summed E-state index contributed by atoms with van der Waals surface area (Å²) in [5.74, 6) is 0.539. The van der Waals surface area contributed by atoms with Gasteiger partial charge >= 0.3 is 0 Å². The van der Waals surface area contributed by atoms with Crippen molar-refractivity contribution in [2.45, 2.75) is 19.8 Å². The van der Waals surface area contributed by atoms with Gasteiger partial charge in [-0.25, -0.2) is 12.8 Å². The van der Waals surface area contributed by atoms with Crippen LogP contribution in [0, 0.1) is 5.82 Å². The van der Waals surface area contributed by atoms with Gasteiger partial charge < -0.3 is 10.6 Å². The molecule has 0 heterocycles. The number of halogens is 2. The molecule has 1 rings (SSSR count). The third-order valence-corrected chi connectivity index (χ3v) is 3.96. The smallest absolute Gasteiger partial charge is 0.191 e. The van der Waals surface area contributed by atoms with Crippen LogP contribution in [0.25, 0.3) is 0 Å².